The van der Waals surface area contributed by atoms with Gasteiger partial charge in [0.25, 0.3) is 5.91 Å². The Morgan fingerprint density at radius 2 is 1.97 bits per heavy atom. The van der Waals surface area contributed by atoms with E-state index in [1.165, 1.54) is 13.2 Å². The van der Waals surface area contributed by atoms with Crippen molar-refractivity contribution in [3.8, 4) is 11.5 Å². The molecule has 1 amide bonds. The molecular weight excluding hydrogens is 382 g/mol. The first-order valence-electron chi connectivity index (χ1n) is 8.88. The summed E-state index contributed by atoms with van der Waals surface area (Å²) >= 11 is 0. The zero-order chi connectivity index (χ0) is 20.4. The minimum absolute atomic E-state index is 0.0774. The average Bonchev–Trinajstić information content (AvgIpc) is 3.23. The molecule has 1 aromatic heterocycles. The maximum Gasteiger partial charge on any atom is 0.387 e. The van der Waals surface area contributed by atoms with Crippen LogP contribution in [0.1, 0.15) is 27.8 Å². The largest absolute Gasteiger partial charge is 0.493 e. The summed E-state index contributed by atoms with van der Waals surface area (Å²) < 4.78 is 40.4. The summed E-state index contributed by atoms with van der Waals surface area (Å²) in [6.45, 7) is -2.73. The van der Waals surface area contributed by atoms with Crippen molar-refractivity contribution in [2.75, 3.05) is 12.4 Å². The third-order valence-corrected chi connectivity index (χ3v) is 4.65. The number of alkyl halides is 2. The van der Waals surface area contributed by atoms with Crippen LogP contribution in [0.25, 0.3) is 0 Å². The highest BCUT2D eigenvalue weighted by molar-refractivity contribution is 6.01. The Labute approximate surface area is 165 Å². The van der Waals surface area contributed by atoms with E-state index in [4.69, 9.17) is 9.15 Å². The SMILES string of the molecule is COc1cc([C@H]2Nc3ccccc3C(=O)N2Cc2ccco2)ccc1OC(F)F. The van der Waals surface area contributed by atoms with Crippen molar-refractivity contribution in [3.05, 3.63) is 77.7 Å². The summed E-state index contributed by atoms with van der Waals surface area (Å²) in [5, 5.41) is 3.34. The molecule has 0 spiro atoms. The lowest BCUT2D eigenvalue weighted by Crippen LogP contribution is -2.42. The van der Waals surface area contributed by atoms with E-state index < -0.39 is 12.8 Å². The Bertz CT molecular complexity index is 1010. The molecule has 8 heteroatoms. The molecule has 2 aromatic carbocycles. The van der Waals surface area contributed by atoms with Crippen LogP contribution in [0.2, 0.25) is 0 Å². The van der Waals surface area contributed by atoms with Gasteiger partial charge in [-0.25, -0.2) is 0 Å². The summed E-state index contributed by atoms with van der Waals surface area (Å²) in [5.41, 5.74) is 1.88. The number of benzene rings is 2. The van der Waals surface area contributed by atoms with Crippen LogP contribution in [0.4, 0.5) is 14.5 Å². The quantitative estimate of drug-likeness (QED) is 0.652. The van der Waals surface area contributed by atoms with E-state index >= 15 is 0 Å². The molecule has 0 fully saturated rings. The van der Waals surface area contributed by atoms with Crippen molar-refractivity contribution in [1.82, 2.24) is 4.90 Å². The third kappa shape index (κ3) is 3.73. The molecular formula is C21H18F2N2O4. The fourth-order valence-electron chi connectivity index (χ4n) is 3.34. The number of nitrogens with zero attached hydrogens (tertiary/aromatic N) is 1. The first-order valence-corrected chi connectivity index (χ1v) is 8.88. The Balaban J connectivity index is 1.74. The van der Waals surface area contributed by atoms with Crippen LogP contribution in [0, 0.1) is 0 Å². The van der Waals surface area contributed by atoms with E-state index in [1.54, 1.807) is 47.6 Å². The number of hydrogen-bond donors (Lipinski definition) is 1. The predicted molar refractivity (Wildman–Crippen MR) is 101 cm³/mol. The molecule has 29 heavy (non-hydrogen) atoms. The lowest BCUT2D eigenvalue weighted by Gasteiger charge is -2.37. The molecule has 2 heterocycles. The van der Waals surface area contributed by atoms with Gasteiger partial charge in [0.15, 0.2) is 11.5 Å². The van der Waals surface area contributed by atoms with Crippen molar-refractivity contribution in [2.24, 2.45) is 0 Å². The van der Waals surface area contributed by atoms with Crippen LogP contribution in [-0.2, 0) is 6.54 Å². The number of carbonyl (C=O) groups is 1. The van der Waals surface area contributed by atoms with Gasteiger partial charge in [-0.2, -0.15) is 8.78 Å². The van der Waals surface area contributed by atoms with E-state index in [0.717, 1.165) is 0 Å². The number of carbonyl (C=O) groups excluding carboxylic acids is 1. The van der Waals surface area contributed by atoms with Crippen LogP contribution in [-0.4, -0.2) is 24.5 Å². The summed E-state index contributed by atoms with van der Waals surface area (Å²) in [7, 11) is 1.37. The monoisotopic (exact) mass is 400 g/mol. The van der Waals surface area contributed by atoms with E-state index in [9.17, 15) is 13.6 Å². The van der Waals surface area contributed by atoms with Crippen molar-refractivity contribution < 1.29 is 27.5 Å². The molecule has 0 saturated carbocycles. The van der Waals surface area contributed by atoms with Crippen LogP contribution < -0.4 is 14.8 Å². The molecule has 3 aromatic rings. The first-order chi connectivity index (χ1) is 14.1. The van der Waals surface area contributed by atoms with Crippen molar-refractivity contribution in [3.63, 3.8) is 0 Å². The van der Waals surface area contributed by atoms with Gasteiger partial charge in [-0.15, -0.1) is 0 Å². The minimum Gasteiger partial charge on any atom is -0.493 e. The molecule has 0 aliphatic carbocycles. The zero-order valence-corrected chi connectivity index (χ0v) is 15.5. The smallest absolute Gasteiger partial charge is 0.387 e. The molecule has 1 N–H and O–H groups in total. The van der Waals surface area contributed by atoms with Crippen LogP contribution in [0.15, 0.2) is 65.3 Å². The highest BCUT2D eigenvalue weighted by Crippen LogP contribution is 2.38. The first kappa shape index (κ1) is 18.8. The van der Waals surface area contributed by atoms with Gasteiger partial charge in [-0.05, 0) is 42.0 Å². The number of hydrogen-bond acceptors (Lipinski definition) is 5. The lowest BCUT2D eigenvalue weighted by atomic mass is 10.0. The average molecular weight is 400 g/mol. The van der Waals surface area contributed by atoms with Gasteiger partial charge in [-0.1, -0.05) is 18.2 Å². The number of rotatable bonds is 6. The summed E-state index contributed by atoms with van der Waals surface area (Å²) in [4.78, 5) is 14.8. The van der Waals surface area contributed by atoms with E-state index in [0.29, 0.717) is 22.6 Å². The molecule has 0 saturated heterocycles. The van der Waals surface area contributed by atoms with Crippen LogP contribution >= 0.6 is 0 Å². The van der Waals surface area contributed by atoms with Crippen molar-refractivity contribution in [2.45, 2.75) is 19.3 Å². The fourth-order valence-corrected chi connectivity index (χ4v) is 3.34. The lowest BCUT2D eigenvalue weighted by molar-refractivity contribution is -0.0512. The summed E-state index contributed by atoms with van der Waals surface area (Å²) in [6.07, 6.45) is 0.983. The second-order valence-electron chi connectivity index (χ2n) is 6.39. The highest BCUT2D eigenvalue weighted by atomic mass is 19.3. The Morgan fingerprint density at radius 3 is 2.69 bits per heavy atom. The van der Waals surface area contributed by atoms with Crippen molar-refractivity contribution >= 4 is 11.6 Å². The molecule has 1 aliphatic rings. The topological polar surface area (TPSA) is 63.9 Å². The Hall–Kier alpha value is -3.55. The van der Waals surface area contributed by atoms with E-state index in [2.05, 4.69) is 10.1 Å². The number of methoxy groups -OCH3 is 1. The predicted octanol–water partition coefficient (Wildman–Crippen LogP) is 4.66. The van der Waals surface area contributed by atoms with Gasteiger partial charge in [0.1, 0.15) is 11.9 Å². The molecule has 150 valence electrons. The number of para-hydroxylation sites is 1. The standard InChI is InChI=1S/C21H18F2N2O4/c1-27-18-11-13(8-9-17(18)29-21(22)23)19-24-16-7-3-2-6-15(16)20(26)25(19)12-14-5-4-10-28-14/h2-11,19,21,24H,12H2,1H3/t19-/m0/s1. The number of fused-ring (bicyclic) bond motifs is 1. The van der Waals surface area contributed by atoms with Crippen LogP contribution in [0.5, 0.6) is 11.5 Å². The number of halogens is 2. The van der Waals surface area contributed by atoms with Gasteiger partial charge in [0.2, 0.25) is 0 Å². The normalized spacial score (nSPS) is 15.8. The minimum atomic E-state index is -2.97. The van der Waals surface area contributed by atoms with E-state index in [-0.39, 0.29) is 24.0 Å². The molecule has 1 atom stereocenters. The molecule has 6 nitrogen and oxygen atoms in total. The van der Waals surface area contributed by atoms with Gasteiger partial charge in [0.05, 0.1) is 25.5 Å². The van der Waals surface area contributed by atoms with E-state index in [1.807, 2.05) is 12.1 Å². The van der Waals surface area contributed by atoms with Gasteiger partial charge >= 0.3 is 6.61 Å². The maximum absolute atomic E-state index is 13.2. The highest BCUT2D eigenvalue weighted by Gasteiger charge is 2.34. The Kier molecular flexibility index (Phi) is 5.07. The molecule has 4 rings (SSSR count). The molecule has 0 radical (unpaired) electrons. The number of anilines is 1. The van der Waals surface area contributed by atoms with Crippen LogP contribution in [0.3, 0.4) is 0 Å². The fraction of sp³-hybridized carbons (Fsp3) is 0.190. The molecule has 0 unspecified atom stereocenters. The van der Waals surface area contributed by atoms with Gasteiger partial charge < -0.3 is 24.1 Å². The van der Waals surface area contributed by atoms with Gasteiger partial charge in [-0.3, -0.25) is 4.79 Å². The number of nitrogens with one attached hydrogen (secondary N) is 1. The van der Waals surface area contributed by atoms with Gasteiger partial charge in [0, 0.05) is 5.69 Å². The summed E-state index contributed by atoms with van der Waals surface area (Å²) in [6, 6.07) is 15.3. The number of amides is 1. The Morgan fingerprint density at radius 1 is 1.14 bits per heavy atom. The summed E-state index contributed by atoms with van der Waals surface area (Å²) in [5.74, 6) is 0.516. The third-order valence-electron chi connectivity index (χ3n) is 4.65. The second-order valence-corrected chi connectivity index (χ2v) is 6.39. The maximum atomic E-state index is 13.2. The van der Waals surface area contributed by atoms with Crippen molar-refractivity contribution in [1.29, 1.82) is 0 Å². The number of ether oxygens (including phenoxy) is 2. The molecule has 1 aliphatic heterocycles. The number of furan rings is 1. The zero-order valence-electron chi connectivity index (χ0n) is 15.5. The molecule has 0 bridgehead atoms. The second kappa shape index (κ2) is 7.83.